The molecule has 0 aliphatic carbocycles. The van der Waals surface area contributed by atoms with Crippen molar-refractivity contribution in [1.82, 2.24) is 10.2 Å². The first kappa shape index (κ1) is 35.3. The number of nitrogens with zero attached hydrogens (tertiary/aromatic N) is 2. The molecule has 0 saturated carbocycles. The van der Waals surface area contributed by atoms with Crippen LogP contribution in [-0.2, 0) is 32.6 Å². The molecule has 4 rings (SSSR count). The standard InChI is InChI=1S/C35H36Cl3N3O4S/c1-3-4-20-39-35(43)33(21-26-10-6-5-7-11-26)40(23-30-31(37)14-9-15-32(30)38)34(42)24-41(28-13-8-12-27(36)22-28)46(44,45)29-18-16-25(2)17-19-29/h5-19,22,33H,3-4,20-21,23-24H2,1-2H3,(H,39,43)/t33-/m0/s1. The van der Waals surface area contributed by atoms with Gasteiger partial charge in [0.1, 0.15) is 12.6 Å². The van der Waals surface area contributed by atoms with Crippen LogP contribution in [0, 0.1) is 6.92 Å². The summed E-state index contributed by atoms with van der Waals surface area (Å²) in [5.74, 6) is -0.997. The topological polar surface area (TPSA) is 86.8 Å². The van der Waals surface area contributed by atoms with Gasteiger partial charge in [-0.05, 0) is 61.4 Å². The predicted octanol–water partition coefficient (Wildman–Crippen LogP) is 7.71. The van der Waals surface area contributed by atoms with Gasteiger partial charge >= 0.3 is 0 Å². The Hall–Kier alpha value is -3.56. The zero-order chi connectivity index (χ0) is 33.3. The number of anilines is 1. The van der Waals surface area contributed by atoms with Crippen LogP contribution in [0.2, 0.25) is 15.1 Å². The van der Waals surface area contributed by atoms with Crippen LogP contribution in [0.25, 0.3) is 0 Å². The van der Waals surface area contributed by atoms with Gasteiger partial charge in [-0.1, -0.05) is 108 Å². The molecule has 0 fully saturated rings. The van der Waals surface area contributed by atoms with Gasteiger partial charge < -0.3 is 10.2 Å². The number of carbonyl (C=O) groups is 2. The van der Waals surface area contributed by atoms with Gasteiger partial charge in [-0.3, -0.25) is 13.9 Å². The first-order valence-corrected chi connectivity index (χ1v) is 17.5. The molecule has 0 unspecified atom stereocenters. The number of hydrogen-bond acceptors (Lipinski definition) is 4. The fraction of sp³-hybridized carbons (Fsp3) is 0.257. The number of unbranched alkanes of at least 4 members (excludes halogenated alkanes) is 1. The molecule has 46 heavy (non-hydrogen) atoms. The highest BCUT2D eigenvalue weighted by atomic mass is 35.5. The van der Waals surface area contributed by atoms with Crippen molar-refractivity contribution in [3.05, 3.63) is 129 Å². The average molecular weight is 701 g/mol. The molecule has 4 aromatic carbocycles. The second kappa shape index (κ2) is 16.3. The second-order valence-electron chi connectivity index (χ2n) is 10.9. The third-order valence-corrected chi connectivity index (χ3v) is 10.2. The van der Waals surface area contributed by atoms with Crippen molar-refractivity contribution in [3.8, 4) is 0 Å². The molecule has 7 nitrogen and oxygen atoms in total. The number of halogens is 3. The van der Waals surface area contributed by atoms with Crippen molar-refractivity contribution < 1.29 is 18.0 Å². The first-order valence-electron chi connectivity index (χ1n) is 14.9. The number of aryl methyl sites for hydroxylation is 1. The fourth-order valence-corrected chi connectivity index (χ4v) is 7.02. The molecule has 1 atom stereocenters. The number of rotatable bonds is 14. The summed E-state index contributed by atoms with van der Waals surface area (Å²) in [5.41, 5.74) is 2.34. The van der Waals surface area contributed by atoms with Crippen molar-refractivity contribution in [2.24, 2.45) is 0 Å². The van der Waals surface area contributed by atoms with E-state index in [1.807, 2.05) is 44.2 Å². The number of amides is 2. The lowest BCUT2D eigenvalue weighted by Gasteiger charge is -2.34. The van der Waals surface area contributed by atoms with Gasteiger partial charge in [0.05, 0.1) is 10.6 Å². The molecular weight excluding hydrogens is 665 g/mol. The summed E-state index contributed by atoms with van der Waals surface area (Å²) >= 11 is 19.4. The minimum Gasteiger partial charge on any atom is -0.354 e. The van der Waals surface area contributed by atoms with Gasteiger partial charge in [-0.15, -0.1) is 0 Å². The van der Waals surface area contributed by atoms with Crippen LogP contribution < -0.4 is 9.62 Å². The first-order chi connectivity index (χ1) is 22.0. The maximum atomic E-state index is 14.6. The summed E-state index contributed by atoms with van der Waals surface area (Å²) in [4.78, 5) is 29.8. The Morgan fingerprint density at radius 2 is 1.50 bits per heavy atom. The molecule has 1 N–H and O–H groups in total. The van der Waals surface area contributed by atoms with Gasteiger partial charge in [0.2, 0.25) is 11.8 Å². The highest BCUT2D eigenvalue weighted by molar-refractivity contribution is 7.92. The van der Waals surface area contributed by atoms with Crippen LogP contribution in [0.3, 0.4) is 0 Å². The lowest BCUT2D eigenvalue weighted by molar-refractivity contribution is -0.140. The molecule has 0 bridgehead atoms. The zero-order valence-corrected chi connectivity index (χ0v) is 28.7. The number of nitrogens with one attached hydrogen (secondary N) is 1. The van der Waals surface area contributed by atoms with Crippen LogP contribution in [0.1, 0.15) is 36.5 Å². The van der Waals surface area contributed by atoms with E-state index in [0.29, 0.717) is 27.2 Å². The van der Waals surface area contributed by atoms with Crippen LogP contribution in [0.15, 0.2) is 102 Å². The molecular formula is C35H36Cl3N3O4S. The molecule has 0 spiro atoms. The summed E-state index contributed by atoms with van der Waals surface area (Å²) in [6.07, 6.45) is 1.80. The maximum Gasteiger partial charge on any atom is 0.264 e. The summed E-state index contributed by atoms with van der Waals surface area (Å²) < 4.78 is 29.3. The third kappa shape index (κ3) is 9.04. The number of benzene rings is 4. The van der Waals surface area contributed by atoms with Gasteiger partial charge in [-0.2, -0.15) is 0 Å². The van der Waals surface area contributed by atoms with Gasteiger partial charge in [0.25, 0.3) is 10.0 Å². The fourth-order valence-electron chi connectivity index (χ4n) is 4.91. The Labute approximate surface area is 286 Å². The highest BCUT2D eigenvalue weighted by Crippen LogP contribution is 2.30. The smallest absolute Gasteiger partial charge is 0.264 e. The molecule has 0 heterocycles. The Bertz CT molecular complexity index is 1730. The molecule has 0 saturated heterocycles. The van der Waals surface area contributed by atoms with E-state index in [0.717, 1.165) is 28.3 Å². The monoisotopic (exact) mass is 699 g/mol. The Kier molecular flexibility index (Phi) is 12.5. The Morgan fingerprint density at radius 1 is 0.848 bits per heavy atom. The average Bonchev–Trinajstić information content (AvgIpc) is 3.03. The maximum absolute atomic E-state index is 14.6. The molecule has 0 aliphatic heterocycles. The van der Waals surface area contributed by atoms with Crippen LogP contribution >= 0.6 is 34.8 Å². The number of sulfonamides is 1. The van der Waals surface area contributed by atoms with Crippen molar-refractivity contribution in [1.29, 1.82) is 0 Å². The molecule has 11 heteroatoms. The molecule has 0 radical (unpaired) electrons. The lowest BCUT2D eigenvalue weighted by atomic mass is 10.0. The van der Waals surface area contributed by atoms with Gasteiger partial charge in [0, 0.05) is 40.1 Å². The lowest BCUT2D eigenvalue weighted by Crippen LogP contribution is -2.53. The molecule has 4 aromatic rings. The third-order valence-electron chi connectivity index (χ3n) is 7.47. The molecule has 2 amide bonds. The van der Waals surface area contributed by atoms with Crippen molar-refractivity contribution in [2.75, 3.05) is 17.4 Å². The quantitative estimate of drug-likeness (QED) is 0.137. The minimum atomic E-state index is -4.25. The zero-order valence-electron chi connectivity index (χ0n) is 25.6. The number of hydrogen-bond donors (Lipinski definition) is 1. The van der Waals surface area contributed by atoms with E-state index < -0.39 is 28.5 Å². The van der Waals surface area contributed by atoms with Gasteiger partial charge in [-0.25, -0.2) is 8.42 Å². The summed E-state index contributed by atoms with van der Waals surface area (Å²) in [5, 5.41) is 3.89. The largest absolute Gasteiger partial charge is 0.354 e. The van der Waals surface area contributed by atoms with Crippen LogP contribution in [0.4, 0.5) is 5.69 Å². The van der Waals surface area contributed by atoms with Crippen LogP contribution in [-0.4, -0.2) is 44.3 Å². The Morgan fingerprint density at radius 3 is 2.13 bits per heavy atom. The molecule has 242 valence electrons. The summed E-state index contributed by atoms with van der Waals surface area (Å²) in [7, 11) is -4.25. The van der Waals surface area contributed by atoms with E-state index in [4.69, 9.17) is 34.8 Å². The van der Waals surface area contributed by atoms with E-state index in [9.17, 15) is 18.0 Å². The van der Waals surface area contributed by atoms with Crippen molar-refractivity contribution in [2.45, 2.75) is 50.6 Å². The van der Waals surface area contributed by atoms with Crippen molar-refractivity contribution >= 4 is 62.3 Å². The van der Waals surface area contributed by atoms with Crippen molar-refractivity contribution in [3.63, 3.8) is 0 Å². The molecule has 0 aliphatic rings. The van der Waals surface area contributed by atoms with E-state index in [1.54, 1.807) is 48.5 Å². The minimum absolute atomic E-state index is 0.00437. The van der Waals surface area contributed by atoms with E-state index >= 15 is 0 Å². The van der Waals surface area contributed by atoms with Crippen LogP contribution in [0.5, 0.6) is 0 Å². The summed E-state index contributed by atoms with van der Waals surface area (Å²) in [6.45, 7) is 3.54. The normalized spacial score (nSPS) is 11.9. The molecule has 0 aromatic heterocycles. The van der Waals surface area contributed by atoms with Gasteiger partial charge in [0.15, 0.2) is 0 Å². The number of carbonyl (C=O) groups excluding carboxylic acids is 2. The second-order valence-corrected chi connectivity index (χ2v) is 14.0. The summed E-state index contributed by atoms with van der Waals surface area (Å²) in [6, 6.07) is 25.9. The van der Waals surface area contributed by atoms with E-state index in [-0.39, 0.29) is 29.5 Å². The SMILES string of the molecule is CCCCNC(=O)[C@H](Cc1ccccc1)N(Cc1c(Cl)cccc1Cl)C(=O)CN(c1cccc(Cl)c1)S(=O)(=O)c1ccc(C)cc1. The highest BCUT2D eigenvalue weighted by Gasteiger charge is 2.35. The van der Waals surface area contributed by atoms with E-state index in [2.05, 4.69) is 5.32 Å². The predicted molar refractivity (Wildman–Crippen MR) is 186 cm³/mol. The van der Waals surface area contributed by atoms with E-state index in [1.165, 1.54) is 23.1 Å². The Balaban J connectivity index is 1.82.